The fourth-order valence-corrected chi connectivity index (χ4v) is 2.52. The fourth-order valence-electron chi connectivity index (χ4n) is 2.52. The van der Waals surface area contributed by atoms with Gasteiger partial charge in [-0.1, -0.05) is 24.3 Å². The number of nitrogens with zero attached hydrogens (tertiary/aromatic N) is 1. The van der Waals surface area contributed by atoms with Gasteiger partial charge < -0.3 is 9.88 Å². The SMILES string of the molecule is O=C(NCc1cccc(C(F)(F)F)c1)c1ccccc1-n1cccc1. The molecular formula is C19H15F3N2O. The van der Waals surface area contributed by atoms with Crippen molar-refractivity contribution in [1.82, 2.24) is 9.88 Å². The number of halogens is 3. The molecule has 0 aliphatic carbocycles. The highest BCUT2D eigenvalue weighted by Crippen LogP contribution is 2.29. The Morgan fingerprint density at radius 3 is 2.40 bits per heavy atom. The number of hydrogen-bond donors (Lipinski definition) is 1. The Morgan fingerprint density at radius 2 is 1.68 bits per heavy atom. The predicted molar refractivity (Wildman–Crippen MR) is 88.4 cm³/mol. The van der Waals surface area contributed by atoms with Gasteiger partial charge in [-0.2, -0.15) is 13.2 Å². The number of hydrogen-bond acceptors (Lipinski definition) is 1. The van der Waals surface area contributed by atoms with Gasteiger partial charge in [-0.15, -0.1) is 0 Å². The molecule has 0 fully saturated rings. The molecule has 0 unspecified atom stereocenters. The van der Waals surface area contributed by atoms with Crippen LogP contribution in [0.3, 0.4) is 0 Å². The molecule has 6 heteroatoms. The quantitative estimate of drug-likeness (QED) is 0.747. The van der Waals surface area contributed by atoms with E-state index >= 15 is 0 Å². The van der Waals surface area contributed by atoms with Crippen molar-refractivity contribution < 1.29 is 18.0 Å². The molecule has 0 saturated carbocycles. The van der Waals surface area contributed by atoms with Crippen molar-refractivity contribution >= 4 is 5.91 Å². The number of carbonyl (C=O) groups is 1. The van der Waals surface area contributed by atoms with Crippen LogP contribution in [0.4, 0.5) is 13.2 Å². The first-order chi connectivity index (χ1) is 11.9. The third-order valence-electron chi connectivity index (χ3n) is 3.74. The Morgan fingerprint density at radius 1 is 0.960 bits per heavy atom. The van der Waals surface area contributed by atoms with E-state index in [1.165, 1.54) is 6.07 Å². The van der Waals surface area contributed by atoms with Gasteiger partial charge >= 0.3 is 6.18 Å². The summed E-state index contributed by atoms with van der Waals surface area (Å²) < 4.78 is 40.1. The zero-order chi connectivity index (χ0) is 17.9. The van der Waals surface area contributed by atoms with E-state index in [2.05, 4.69) is 5.32 Å². The molecular weight excluding hydrogens is 329 g/mol. The molecule has 0 bridgehead atoms. The van der Waals surface area contributed by atoms with Crippen LogP contribution in [0.5, 0.6) is 0 Å². The van der Waals surface area contributed by atoms with Crippen LogP contribution in [0.2, 0.25) is 0 Å². The maximum absolute atomic E-state index is 12.8. The summed E-state index contributed by atoms with van der Waals surface area (Å²) in [6, 6.07) is 15.7. The van der Waals surface area contributed by atoms with E-state index in [0.29, 0.717) is 16.8 Å². The maximum Gasteiger partial charge on any atom is 0.416 e. The number of benzene rings is 2. The first-order valence-corrected chi connectivity index (χ1v) is 7.62. The Labute approximate surface area is 142 Å². The zero-order valence-corrected chi connectivity index (χ0v) is 13.1. The Bertz CT molecular complexity index is 870. The minimum absolute atomic E-state index is 0.0166. The molecule has 1 amide bonds. The third-order valence-corrected chi connectivity index (χ3v) is 3.74. The van der Waals surface area contributed by atoms with Crippen LogP contribution in [0.15, 0.2) is 73.1 Å². The molecule has 0 saturated heterocycles. The molecule has 3 aromatic rings. The molecule has 0 aliphatic rings. The molecule has 3 nitrogen and oxygen atoms in total. The van der Waals surface area contributed by atoms with Crippen molar-refractivity contribution in [3.63, 3.8) is 0 Å². The largest absolute Gasteiger partial charge is 0.416 e. The normalized spacial score (nSPS) is 11.3. The van der Waals surface area contributed by atoms with Crippen LogP contribution in [-0.2, 0) is 12.7 Å². The number of amides is 1. The summed E-state index contributed by atoms with van der Waals surface area (Å²) in [6.07, 6.45) is -0.765. The summed E-state index contributed by atoms with van der Waals surface area (Å²) in [5, 5.41) is 2.68. The van der Waals surface area contributed by atoms with Crippen molar-refractivity contribution in [2.45, 2.75) is 12.7 Å². The Hall–Kier alpha value is -3.02. The number of carbonyl (C=O) groups excluding carboxylic acids is 1. The van der Waals surface area contributed by atoms with Crippen molar-refractivity contribution in [2.24, 2.45) is 0 Å². The second-order valence-electron chi connectivity index (χ2n) is 5.49. The maximum atomic E-state index is 12.8. The minimum Gasteiger partial charge on any atom is -0.348 e. The van der Waals surface area contributed by atoms with Gasteiger partial charge in [-0.25, -0.2) is 0 Å². The van der Waals surface area contributed by atoms with E-state index in [1.807, 2.05) is 30.6 Å². The summed E-state index contributed by atoms with van der Waals surface area (Å²) in [7, 11) is 0. The van der Waals surface area contributed by atoms with E-state index in [1.54, 1.807) is 28.8 Å². The number of aromatic nitrogens is 1. The molecule has 0 atom stereocenters. The molecule has 25 heavy (non-hydrogen) atoms. The van der Waals surface area contributed by atoms with E-state index in [-0.39, 0.29) is 12.5 Å². The highest BCUT2D eigenvalue weighted by Gasteiger charge is 2.30. The fraction of sp³-hybridized carbons (Fsp3) is 0.105. The lowest BCUT2D eigenvalue weighted by molar-refractivity contribution is -0.137. The zero-order valence-electron chi connectivity index (χ0n) is 13.1. The standard InChI is InChI=1S/C19H15F3N2O/c20-19(21,22)15-7-5-6-14(12-15)13-23-18(25)16-8-1-2-9-17(16)24-10-3-4-11-24/h1-12H,13H2,(H,23,25). The summed E-state index contributed by atoms with van der Waals surface area (Å²) in [5.41, 5.74) is 0.813. The predicted octanol–water partition coefficient (Wildman–Crippen LogP) is 4.43. The van der Waals surface area contributed by atoms with Crippen molar-refractivity contribution in [2.75, 3.05) is 0 Å². The van der Waals surface area contributed by atoms with Gasteiger partial charge in [0.1, 0.15) is 0 Å². The molecule has 1 heterocycles. The van der Waals surface area contributed by atoms with Gasteiger partial charge in [0.15, 0.2) is 0 Å². The topological polar surface area (TPSA) is 34.0 Å². The second kappa shape index (κ2) is 6.84. The Kier molecular flexibility index (Phi) is 4.61. The lowest BCUT2D eigenvalue weighted by atomic mass is 10.1. The summed E-state index contributed by atoms with van der Waals surface area (Å²) in [5.74, 6) is -0.346. The van der Waals surface area contributed by atoms with Crippen LogP contribution in [0.1, 0.15) is 21.5 Å². The Balaban J connectivity index is 1.76. The average molecular weight is 344 g/mol. The van der Waals surface area contributed by atoms with Gasteiger partial charge in [-0.3, -0.25) is 4.79 Å². The minimum atomic E-state index is -4.40. The van der Waals surface area contributed by atoms with Gasteiger partial charge in [-0.05, 0) is 42.0 Å². The molecule has 1 N–H and O–H groups in total. The summed E-state index contributed by atoms with van der Waals surface area (Å²) in [6.45, 7) is 0.0166. The lowest BCUT2D eigenvalue weighted by Gasteiger charge is -2.12. The van der Waals surface area contributed by atoms with Crippen LogP contribution in [0, 0.1) is 0 Å². The molecule has 0 radical (unpaired) electrons. The van der Waals surface area contributed by atoms with Crippen LogP contribution in [0.25, 0.3) is 5.69 Å². The van der Waals surface area contributed by atoms with Crippen molar-refractivity contribution in [1.29, 1.82) is 0 Å². The molecule has 3 rings (SSSR count). The number of alkyl halides is 3. The number of nitrogens with one attached hydrogen (secondary N) is 1. The molecule has 1 aromatic heterocycles. The highest BCUT2D eigenvalue weighted by atomic mass is 19.4. The van der Waals surface area contributed by atoms with Gasteiger partial charge in [0.2, 0.25) is 0 Å². The van der Waals surface area contributed by atoms with Gasteiger partial charge in [0.05, 0.1) is 16.8 Å². The summed E-state index contributed by atoms with van der Waals surface area (Å²) >= 11 is 0. The highest BCUT2D eigenvalue weighted by molar-refractivity contribution is 5.97. The average Bonchev–Trinajstić information content (AvgIpc) is 3.14. The summed E-state index contributed by atoms with van der Waals surface area (Å²) in [4.78, 5) is 12.5. The first kappa shape index (κ1) is 16.8. The molecule has 0 spiro atoms. The smallest absolute Gasteiger partial charge is 0.348 e. The van der Waals surface area contributed by atoms with Crippen LogP contribution >= 0.6 is 0 Å². The molecule has 2 aromatic carbocycles. The monoisotopic (exact) mass is 344 g/mol. The van der Waals surface area contributed by atoms with E-state index in [4.69, 9.17) is 0 Å². The number of para-hydroxylation sites is 1. The second-order valence-corrected chi connectivity index (χ2v) is 5.49. The van der Waals surface area contributed by atoms with Crippen LogP contribution in [-0.4, -0.2) is 10.5 Å². The number of rotatable bonds is 4. The van der Waals surface area contributed by atoms with Crippen molar-refractivity contribution in [3.8, 4) is 5.69 Å². The van der Waals surface area contributed by atoms with Gasteiger partial charge in [0, 0.05) is 18.9 Å². The van der Waals surface area contributed by atoms with Crippen LogP contribution < -0.4 is 5.32 Å². The lowest BCUT2D eigenvalue weighted by Crippen LogP contribution is -2.24. The van der Waals surface area contributed by atoms with E-state index in [9.17, 15) is 18.0 Å². The molecule has 128 valence electrons. The van der Waals surface area contributed by atoms with Crippen molar-refractivity contribution in [3.05, 3.63) is 89.7 Å². The first-order valence-electron chi connectivity index (χ1n) is 7.62. The third kappa shape index (κ3) is 3.91. The van der Waals surface area contributed by atoms with E-state index in [0.717, 1.165) is 12.1 Å². The molecule has 0 aliphatic heterocycles. The van der Waals surface area contributed by atoms with Gasteiger partial charge in [0.25, 0.3) is 5.91 Å². The van der Waals surface area contributed by atoms with E-state index < -0.39 is 11.7 Å².